The molecule has 1 aliphatic carbocycles. The van der Waals surface area contributed by atoms with Crippen LogP contribution in [-0.2, 0) is 14.3 Å². The highest BCUT2D eigenvalue weighted by atomic mass is 16.5. The Bertz CT molecular complexity index is 1030. The number of carbonyl (C=O) groups excluding carboxylic acids is 2. The molecule has 188 valence electrons. The van der Waals surface area contributed by atoms with Crippen LogP contribution in [0.1, 0.15) is 64.5 Å². The molecule has 0 saturated heterocycles. The first-order valence-electron chi connectivity index (χ1n) is 12.2. The van der Waals surface area contributed by atoms with E-state index in [9.17, 15) is 19.5 Å². The van der Waals surface area contributed by atoms with Crippen LogP contribution in [0.3, 0.4) is 0 Å². The number of aliphatic carboxylic acids is 1. The van der Waals surface area contributed by atoms with E-state index >= 15 is 0 Å². The van der Waals surface area contributed by atoms with Crippen LogP contribution in [0, 0.1) is 11.3 Å². The molecule has 0 saturated carbocycles. The molecule has 2 amide bonds. The summed E-state index contributed by atoms with van der Waals surface area (Å²) in [6, 6.07) is 14.2. The molecule has 1 aliphatic rings. The SMILES string of the molecule is CC[C@H](C)[C@H](NC(=O)C(CC(C)(C)C)NC(=O)OCC1c2ccccc2-c2ccccc21)C(=O)O. The lowest BCUT2D eigenvalue weighted by Gasteiger charge is -2.28. The van der Waals surface area contributed by atoms with Crippen molar-refractivity contribution in [3.8, 4) is 11.1 Å². The fourth-order valence-electron chi connectivity index (χ4n) is 4.54. The summed E-state index contributed by atoms with van der Waals surface area (Å²) in [4.78, 5) is 37.5. The van der Waals surface area contributed by atoms with Gasteiger partial charge in [0.2, 0.25) is 5.91 Å². The molecule has 7 heteroatoms. The second kappa shape index (κ2) is 10.9. The molecule has 3 N–H and O–H groups in total. The van der Waals surface area contributed by atoms with Gasteiger partial charge in [-0.15, -0.1) is 0 Å². The van der Waals surface area contributed by atoms with Crippen molar-refractivity contribution in [2.24, 2.45) is 11.3 Å². The summed E-state index contributed by atoms with van der Waals surface area (Å²) in [5.74, 6) is -1.96. The Hall–Kier alpha value is -3.35. The van der Waals surface area contributed by atoms with Gasteiger partial charge in [-0.3, -0.25) is 4.79 Å². The van der Waals surface area contributed by atoms with E-state index in [0.717, 1.165) is 22.3 Å². The third kappa shape index (κ3) is 6.41. The molecule has 2 aromatic carbocycles. The van der Waals surface area contributed by atoms with E-state index in [2.05, 4.69) is 22.8 Å². The van der Waals surface area contributed by atoms with Crippen molar-refractivity contribution in [3.05, 3.63) is 59.7 Å². The summed E-state index contributed by atoms with van der Waals surface area (Å²) in [5, 5.41) is 14.8. The van der Waals surface area contributed by atoms with E-state index in [1.807, 2.05) is 64.1 Å². The van der Waals surface area contributed by atoms with Gasteiger partial charge in [-0.1, -0.05) is 89.6 Å². The molecule has 0 radical (unpaired) electrons. The van der Waals surface area contributed by atoms with Crippen LogP contribution < -0.4 is 10.6 Å². The number of alkyl carbamates (subject to hydrolysis) is 1. The lowest BCUT2D eigenvalue weighted by atomic mass is 9.87. The number of carbonyl (C=O) groups is 3. The molecular weight excluding hydrogens is 444 g/mol. The highest BCUT2D eigenvalue weighted by molar-refractivity contribution is 5.89. The van der Waals surface area contributed by atoms with Gasteiger partial charge in [0, 0.05) is 5.92 Å². The Balaban J connectivity index is 1.70. The summed E-state index contributed by atoms with van der Waals surface area (Å²) in [6.45, 7) is 9.64. The topological polar surface area (TPSA) is 105 Å². The molecule has 1 unspecified atom stereocenters. The van der Waals surface area contributed by atoms with Crippen molar-refractivity contribution in [3.63, 3.8) is 0 Å². The molecule has 2 aromatic rings. The standard InChI is InChI=1S/C28H36N2O5/c1-6-17(2)24(26(32)33)30-25(31)23(15-28(3,4)5)29-27(34)35-16-22-20-13-9-7-11-18(20)19-12-8-10-14-21(19)22/h7-14,17,22-24H,6,15-16H2,1-5H3,(H,29,34)(H,30,31)(H,32,33)/t17-,23?,24-/m0/s1. The van der Waals surface area contributed by atoms with Gasteiger partial charge in [0.05, 0.1) is 0 Å². The van der Waals surface area contributed by atoms with Crippen LogP contribution in [-0.4, -0.2) is 41.8 Å². The van der Waals surface area contributed by atoms with Crippen molar-refractivity contribution in [1.29, 1.82) is 0 Å². The van der Waals surface area contributed by atoms with Crippen molar-refractivity contribution >= 4 is 18.0 Å². The van der Waals surface area contributed by atoms with Crippen molar-refractivity contribution in [2.75, 3.05) is 6.61 Å². The average molecular weight is 481 g/mol. The van der Waals surface area contributed by atoms with Crippen molar-refractivity contribution in [2.45, 2.75) is 65.5 Å². The van der Waals surface area contributed by atoms with Gasteiger partial charge in [-0.2, -0.15) is 0 Å². The van der Waals surface area contributed by atoms with Gasteiger partial charge < -0.3 is 20.5 Å². The summed E-state index contributed by atoms with van der Waals surface area (Å²) < 4.78 is 5.61. The minimum atomic E-state index is -1.09. The molecule has 0 aromatic heterocycles. The van der Waals surface area contributed by atoms with E-state index in [4.69, 9.17) is 4.74 Å². The van der Waals surface area contributed by atoms with E-state index < -0.39 is 30.1 Å². The first-order valence-corrected chi connectivity index (χ1v) is 12.2. The second-order valence-corrected chi connectivity index (χ2v) is 10.5. The number of hydrogen-bond donors (Lipinski definition) is 3. The van der Waals surface area contributed by atoms with E-state index in [0.29, 0.717) is 12.8 Å². The summed E-state index contributed by atoms with van der Waals surface area (Å²) in [7, 11) is 0. The van der Waals surface area contributed by atoms with Crippen LogP contribution >= 0.6 is 0 Å². The lowest BCUT2D eigenvalue weighted by molar-refractivity contribution is -0.143. The van der Waals surface area contributed by atoms with Gasteiger partial charge in [0.1, 0.15) is 18.7 Å². The van der Waals surface area contributed by atoms with Gasteiger partial charge in [0.25, 0.3) is 0 Å². The number of hydrogen-bond acceptors (Lipinski definition) is 4. The molecule has 3 rings (SSSR count). The minimum absolute atomic E-state index is 0.0927. The minimum Gasteiger partial charge on any atom is -0.480 e. The first-order chi connectivity index (χ1) is 16.5. The van der Waals surface area contributed by atoms with Gasteiger partial charge in [-0.25, -0.2) is 9.59 Å². The number of benzene rings is 2. The van der Waals surface area contributed by atoms with Crippen molar-refractivity contribution < 1.29 is 24.2 Å². The monoisotopic (exact) mass is 480 g/mol. The van der Waals surface area contributed by atoms with Gasteiger partial charge in [-0.05, 0) is 40.0 Å². The lowest BCUT2D eigenvalue weighted by Crippen LogP contribution is -2.54. The zero-order chi connectivity index (χ0) is 25.8. The first kappa shape index (κ1) is 26.3. The molecule has 7 nitrogen and oxygen atoms in total. The number of rotatable bonds is 9. The number of amides is 2. The Morgan fingerprint density at radius 2 is 1.51 bits per heavy atom. The van der Waals surface area contributed by atoms with Crippen LogP contribution in [0.15, 0.2) is 48.5 Å². The third-order valence-corrected chi connectivity index (χ3v) is 6.55. The van der Waals surface area contributed by atoms with Crippen LogP contribution in [0.25, 0.3) is 11.1 Å². The maximum atomic E-state index is 13.0. The molecule has 0 spiro atoms. The fourth-order valence-corrected chi connectivity index (χ4v) is 4.54. The quantitative estimate of drug-likeness (QED) is 0.471. The number of carboxylic acid groups (broad SMARTS) is 1. The Morgan fingerprint density at radius 1 is 0.971 bits per heavy atom. The smallest absolute Gasteiger partial charge is 0.407 e. The predicted molar refractivity (Wildman–Crippen MR) is 135 cm³/mol. The third-order valence-electron chi connectivity index (χ3n) is 6.55. The summed E-state index contributed by atoms with van der Waals surface area (Å²) >= 11 is 0. The maximum absolute atomic E-state index is 13.0. The van der Waals surface area contributed by atoms with Crippen LogP contribution in [0.5, 0.6) is 0 Å². The zero-order valence-electron chi connectivity index (χ0n) is 21.1. The molecule has 0 bridgehead atoms. The number of ether oxygens (including phenoxy) is 1. The largest absolute Gasteiger partial charge is 0.480 e. The van der Waals surface area contributed by atoms with Gasteiger partial charge >= 0.3 is 12.1 Å². The molecule has 35 heavy (non-hydrogen) atoms. The number of nitrogens with one attached hydrogen (secondary N) is 2. The summed E-state index contributed by atoms with van der Waals surface area (Å²) in [6.07, 6.45) is 0.225. The van der Waals surface area contributed by atoms with E-state index in [1.165, 1.54) is 0 Å². The molecule has 0 fully saturated rings. The zero-order valence-corrected chi connectivity index (χ0v) is 21.1. The highest BCUT2D eigenvalue weighted by Gasteiger charge is 2.33. The second-order valence-electron chi connectivity index (χ2n) is 10.5. The molecule has 0 aliphatic heterocycles. The van der Waals surface area contributed by atoms with Crippen LogP contribution in [0.4, 0.5) is 4.79 Å². The normalized spacial score (nSPS) is 15.3. The van der Waals surface area contributed by atoms with E-state index in [-0.39, 0.29) is 23.9 Å². The molecular formula is C28H36N2O5. The average Bonchev–Trinajstić information content (AvgIpc) is 3.12. The van der Waals surface area contributed by atoms with E-state index in [1.54, 1.807) is 6.92 Å². The predicted octanol–water partition coefficient (Wildman–Crippen LogP) is 4.95. The molecule has 0 heterocycles. The summed E-state index contributed by atoms with van der Waals surface area (Å²) in [5.41, 5.74) is 4.18. The number of carboxylic acids is 1. The molecule has 3 atom stereocenters. The Labute approximate surface area is 207 Å². The Morgan fingerprint density at radius 3 is 2.00 bits per heavy atom. The fraction of sp³-hybridized carbons (Fsp3) is 0.464. The van der Waals surface area contributed by atoms with Crippen LogP contribution in [0.2, 0.25) is 0 Å². The Kier molecular flexibility index (Phi) is 8.20. The van der Waals surface area contributed by atoms with Gasteiger partial charge in [0.15, 0.2) is 0 Å². The van der Waals surface area contributed by atoms with Crippen molar-refractivity contribution in [1.82, 2.24) is 10.6 Å². The highest BCUT2D eigenvalue weighted by Crippen LogP contribution is 2.44. The number of fused-ring (bicyclic) bond motifs is 3. The maximum Gasteiger partial charge on any atom is 0.407 e.